The van der Waals surface area contributed by atoms with Crippen LogP contribution >= 0.6 is 34.9 Å². The number of benzene rings is 1. The van der Waals surface area contributed by atoms with Crippen LogP contribution in [-0.4, -0.2) is 83.8 Å². The Hall–Kier alpha value is -4.09. The molecule has 5 rings (SSSR count). The van der Waals surface area contributed by atoms with Crippen molar-refractivity contribution in [3.05, 3.63) is 46.6 Å². The Morgan fingerprint density at radius 3 is 2.77 bits per heavy atom. The van der Waals surface area contributed by atoms with Crippen molar-refractivity contribution in [2.24, 2.45) is 5.16 Å². The Labute approximate surface area is 232 Å². The zero-order chi connectivity index (χ0) is 27.7. The zero-order valence-electron chi connectivity index (χ0n) is 19.9. The number of carboxylic acids is 1. The van der Waals surface area contributed by atoms with E-state index in [2.05, 4.69) is 25.7 Å². The molecule has 14 nitrogen and oxygen atoms in total. The molecule has 17 heteroatoms. The molecule has 0 saturated carbocycles. The lowest BCUT2D eigenvalue weighted by molar-refractivity contribution is -0.150. The van der Waals surface area contributed by atoms with Gasteiger partial charge in [0.2, 0.25) is 5.89 Å². The molecule has 4 heterocycles. The van der Waals surface area contributed by atoms with Crippen molar-refractivity contribution in [1.82, 2.24) is 25.4 Å². The molecule has 0 radical (unpaired) electrons. The van der Waals surface area contributed by atoms with Gasteiger partial charge >= 0.3 is 5.97 Å². The number of nitrogen functional groups attached to an aromatic ring is 1. The van der Waals surface area contributed by atoms with Crippen molar-refractivity contribution in [1.29, 1.82) is 0 Å². The Morgan fingerprint density at radius 2 is 2.10 bits per heavy atom. The van der Waals surface area contributed by atoms with Crippen LogP contribution in [0.2, 0.25) is 0 Å². The second-order valence-electron chi connectivity index (χ2n) is 8.02. The number of oxime groups is 1. The number of carbonyl (C=O) groups is 3. The molecule has 2 aliphatic heterocycles. The zero-order valence-corrected chi connectivity index (χ0v) is 22.4. The smallest absolute Gasteiger partial charge is 0.352 e. The maximum Gasteiger partial charge on any atom is 0.352 e. The highest BCUT2D eigenvalue weighted by Crippen LogP contribution is 2.41. The number of aromatic nitrogens is 3. The fraction of sp³-hybridized carbons (Fsp3) is 0.227. The maximum atomic E-state index is 13.0. The summed E-state index contributed by atoms with van der Waals surface area (Å²) in [4.78, 5) is 48.0. The number of thioether (sulfide) groups is 2. The first-order valence-corrected chi connectivity index (χ1v) is 14.0. The van der Waals surface area contributed by atoms with E-state index in [1.54, 1.807) is 12.1 Å². The minimum Gasteiger partial charge on any atom is -0.508 e. The average Bonchev–Trinajstić information content (AvgIpc) is 3.57. The molecule has 0 spiro atoms. The third-order valence-corrected chi connectivity index (χ3v) is 8.51. The number of hydrogen-bond acceptors (Lipinski definition) is 14. The number of rotatable bonds is 9. The molecular formula is C22H19N7O7S3. The molecule has 1 aromatic carbocycles. The lowest BCUT2D eigenvalue weighted by Crippen LogP contribution is -2.71. The summed E-state index contributed by atoms with van der Waals surface area (Å²) in [6, 6.07) is 5.27. The summed E-state index contributed by atoms with van der Waals surface area (Å²) in [6.45, 7) is 0. The summed E-state index contributed by atoms with van der Waals surface area (Å²) in [7, 11) is 1.27. The van der Waals surface area contributed by atoms with Gasteiger partial charge in [-0.3, -0.25) is 14.5 Å². The first-order chi connectivity index (χ1) is 18.8. The summed E-state index contributed by atoms with van der Waals surface area (Å²) in [5.74, 6) is -1.69. The van der Waals surface area contributed by atoms with Crippen LogP contribution in [0.4, 0.5) is 5.13 Å². The number of thiazole rings is 1. The number of carbonyl (C=O) groups excluding carboxylic acids is 2. The van der Waals surface area contributed by atoms with Gasteiger partial charge in [-0.15, -0.1) is 33.3 Å². The van der Waals surface area contributed by atoms with E-state index in [0.717, 1.165) is 23.1 Å². The van der Waals surface area contributed by atoms with Gasteiger partial charge in [0.1, 0.15) is 35.7 Å². The number of hydrogen-bond donors (Lipinski definition) is 4. The molecule has 0 unspecified atom stereocenters. The number of aliphatic carboxylic acids is 1. The normalized spacial score (nSPS) is 18.9. The molecule has 2 aromatic heterocycles. The number of phenolic OH excluding ortho intramolecular Hbond substituents is 1. The number of aromatic hydroxyl groups is 1. The van der Waals surface area contributed by atoms with Crippen LogP contribution in [0.15, 0.2) is 55.7 Å². The van der Waals surface area contributed by atoms with Crippen LogP contribution < -0.4 is 11.1 Å². The van der Waals surface area contributed by atoms with Crippen LogP contribution in [0.3, 0.4) is 0 Å². The number of β-lactam (4-membered cyclic amide) rings is 1. The molecule has 202 valence electrons. The van der Waals surface area contributed by atoms with Gasteiger partial charge in [0.15, 0.2) is 10.8 Å². The maximum absolute atomic E-state index is 13.0. The van der Waals surface area contributed by atoms with Crippen molar-refractivity contribution in [3.8, 4) is 17.2 Å². The molecule has 1 fully saturated rings. The Kier molecular flexibility index (Phi) is 7.45. The number of carboxylic acid groups (broad SMARTS) is 1. The number of amides is 2. The van der Waals surface area contributed by atoms with Crippen LogP contribution in [0.1, 0.15) is 5.69 Å². The lowest BCUT2D eigenvalue weighted by atomic mass is 10.0. The fourth-order valence-electron chi connectivity index (χ4n) is 3.83. The summed E-state index contributed by atoms with van der Waals surface area (Å²) in [5.41, 5.74) is 6.65. The standard InChI is InChI=1S/C22H19N7O7S3/c1-35-28-13(12-8-38-21(23)24-12)16(31)25-14-18(32)29-15(20(33)34)10(6-37-19(14)29)7-39-22-27-26-17(36-22)9-2-4-11(30)5-3-9/h2-5,8,14,19,30H,6-7H2,1H3,(H2,23,24)(H,25,31)(H,33,34)/t14-,19-/m1/s1. The number of nitrogens with zero attached hydrogens (tertiary/aromatic N) is 5. The first kappa shape index (κ1) is 26.5. The van der Waals surface area contributed by atoms with E-state index in [0.29, 0.717) is 16.9 Å². The van der Waals surface area contributed by atoms with Gasteiger partial charge in [-0.2, -0.15) is 0 Å². The van der Waals surface area contributed by atoms with Gasteiger partial charge in [-0.1, -0.05) is 16.9 Å². The molecule has 2 atom stereocenters. The minimum atomic E-state index is -1.26. The largest absolute Gasteiger partial charge is 0.508 e. The second-order valence-corrected chi connectivity index (χ2v) is 10.9. The molecule has 5 N–H and O–H groups in total. The van der Waals surface area contributed by atoms with E-state index in [-0.39, 0.29) is 44.9 Å². The van der Waals surface area contributed by atoms with Crippen molar-refractivity contribution >= 4 is 63.5 Å². The first-order valence-electron chi connectivity index (χ1n) is 11.1. The summed E-state index contributed by atoms with van der Waals surface area (Å²) in [6.07, 6.45) is 0. The SMILES string of the molecule is CON=C(C(=O)N[C@@H]1C(=O)N2C(C(=O)O)=C(CSc3nnc(-c4ccc(O)cc4)o3)CS[C@H]12)c1csc(N)n1. The Bertz CT molecular complexity index is 1500. The highest BCUT2D eigenvalue weighted by molar-refractivity contribution is 8.01. The summed E-state index contributed by atoms with van der Waals surface area (Å²) in [5, 5.41) is 35.0. The number of nitrogens with one attached hydrogen (secondary N) is 1. The number of nitrogens with two attached hydrogens (primary N) is 1. The quantitative estimate of drug-likeness (QED) is 0.120. The van der Waals surface area contributed by atoms with E-state index in [1.165, 1.54) is 41.3 Å². The van der Waals surface area contributed by atoms with Crippen LogP contribution in [0.25, 0.3) is 11.5 Å². The predicted octanol–water partition coefficient (Wildman–Crippen LogP) is 1.36. The Morgan fingerprint density at radius 1 is 1.33 bits per heavy atom. The third kappa shape index (κ3) is 5.27. The van der Waals surface area contributed by atoms with Gasteiger partial charge in [0.05, 0.1) is 0 Å². The van der Waals surface area contributed by atoms with E-state index in [1.807, 2.05) is 0 Å². The van der Waals surface area contributed by atoms with Crippen molar-refractivity contribution < 1.29 is 33.9 Å². The highest BCUT2D eigenvalue weighted by Gasteiger charge is 2.54. The molecule has 3 aromatic rings. The fourth-order valence-corrected chi connectivity index (χ4v) is 6.63. The van der Waals surface area contributed by atoms with Gasteiger partial charge < -0.3 is 30.5 Å². The molecular weight excluding hydrogens is 570 g/mol. The van der Waals surface area contributed by atoms with E-state index in [4.69, 9.17) is 15.0 Å². The topological polar surface area (TPSA) is 206 Å². The highest BCUT2D eigenvalue weighted by atomic mass is 32.2. The number of anilines is 1. The van der Waals surface area contributed by atoms with Crippen LogP contribution in [0, 0.1) is 0 Å². The van der Waals surface area contributed by atoms with E-state index >= 15 is 0 Å². The van der Waals surface area contributed by atoms with Gasteiger partial charge in [-0.05, 0) is 29.8 Å². The molecule has 2 aliphatic rings. The van der Waals surface area contributed by atoms with E-state index < -0.39 is 29.2 Å². The predicted molar refractivity (Wildman–Crippen MR) is 142 cm³/mol. The van der Waals surface area contributed by atoms with Crippen LogP contribution in [-0.2, 0) is 19.2 Å². The van der Waals surface area contributed by atoms with E-state index in [9.17, 15) is 24.6 Å². The molecule has 39 heavy (non-hydrogen) atoms. The third-order valence-electron chi connectivity index (χ3n) is 5.59. The van der Waals surface area contributed by atoms with Crippen LogP contribution in [0.5, 0.6) is 5.75 Å². The van der Waals surface area contributed by atoms with Crippen molar-refractivity contribution in [2.45, 2.75) is 16.6 Å². The number of phenols is 1. The van der Waals surface area contributed by atoms with Crippen molar-refractivity contribution in [3.63, 3.8) is 0 Å². The Balaban J connectivity index is 1.27. The summed E-state index contributed by atoms with van der Waals surface area (Å²) < 4.78 is 5.64. The van der Waals surface area contributed by atoms with Gasteiger partial charge in [0.25, 0.3) is 17.0 Å². The monoisotopic (exact) mass is 589 g/mol. The second kappa shape index (κ2) is 11.0. The van der Waals surface area contributed by atoms with Gasteiger partial charge in [0, 0.05) is 22.4 Å². The summed E-state index contributed by atoms with van der Waals surface area (Å²) >= 11 is 3.57. The molecule has 0 bridgehead atoms. The van der Waals surface area contributed by atoms with Gasteiger partial charge in [-0.25, -0.2) is 9.78 Å². The molecule has 1 saturated heterocycles. The lowest BCUT2D eigenvalue weighted by Gasteiger charge is -2.49. The average molecular weight is 590 g/mol. The van der Waals surface area contributed by atoms with Crippen molar-refractivity contribution in [2.75, 3.05) is 24.3 Å². The molecule has 2 amide bonds. The minimum absolute atomic E-state index is 0.102. The number of fused-ring (bicyclic) bond motifs is 1. The molecule has 0 aliphatic carbocycles.